The molecule has 1 aromatic carbocycles. The summed E-state index contributed by atoms with van der Waals surface area (Å²) in [5, 5.41) is 10.5. The van der Waals surface area contributed by atoms with E-state index in [9.17, 15) is 18.7 Å². The second-order valence-corrected chi connectivity index (χ2v) is 7.47. The summed E-state index contributed by atoms with van der Waals surface area (Å²) in [6.07, 6.45) is -2.71. The molecular weight excluding hydrogens is 330 g/mol. The van der Waals surface area contributed by atoms with Crippen molar-refractivity contribution in [2.45, 2.75) is 63.3 Å². The van der Waals surface area contributed by atoms with E-state index in [1.54, 1.807) is 20.8 Å². The van der Waals surface area contributed by atoms with Gasteiger partial charge in [0.25, 0.3) is 5.92 Å². The number of aliphatic hydroxyl groups excluding tert-OH is 1. The van der Waals surface area contributed by atoms with E-state index < -0.39 is 42.2 Å². The summed E-state index contributed by atoms with van der Waals surface area (Å²) in [7, 11) is 0. The molecule has 3 atom stereocenters. The minimum absolute atomic E-state index is 0.179. The van der Waals surface area contributed by atoms with Crippen molar-refractivity contribution in [2.24, 2.45) is 5.73 Å². The third-order valence-corrected chi connectivity index (χ3v) is 4.16. The number of likely N-dealkylation sites (tertiary alicyclic amines) is 1. The zero-order valence-electron chi connectivity index (χ0n) is 14.8. The van der Waals surface area contributed by atoms with Gasteiger partial charge < -0.3 is 15.6 Å². The number of hydrogen-bond acceptors (Lipinski definition) is 4. The molecule has 140 valence electrons. The van der Waals surface area contributed by atoms with Crippen molar-refractivity contribution in [1.82, 2.24) is 4.90 Å². The van der Waals surface area contributed by atoms with Crippen molar-refractivity contribution in [3.05, 3.63) is 35.9 Å². The topological polar surface area (TPSA) is 75.8 Å². The second-order valence-electron chi connectivity index (χ2n) is 7.47. The Hall–Kier alpha value is -1.73. The highest BCUT2D eigenvalue weighted by atomic mass is 19.3. The standard InChI is InChI=1S/C18H26F2N2O3/c1-17(2,3)25-16(24)22-10-9-18(19,20)15(22)14(23)13(21)11-12-7-5-4-6-8-12/h4-8,13-15,23H,9-11,21H2,1-3H3/t13-,14-,15?/m0/s1. The maximum absolute atomic E-state index is 14.3. The van der Waals surface area contributed by atoms with E-state index in [4.69, 9.17) is 10.5 Å². The molecule has 1 aliphatic heterocycles. The zero-order valence-corrected chi connectivity index (χ0v) is 14.8. The number of carbonyl (C=O) groups is 1. The van der Waals surface area contributed by atoms with Crippen LogP contribution in [0.15, 0.2) is 30.3 Å². The van der Waals surface area contributed by atoms with Gasteiger partial charge in [0.2, 0.25) is 0 Å². The molecule has 5 nitrogen and oxygen atoms in total. The minimum atomic E-state index is -3.22. The first-order valence-corrected chi connectivity index (χ1v) is 8.36. The number of benzene rings is 1. The number of nitrogens with zero attached hydrogens (tertiary/aromatic N) is 1. The largest absolute Gasteiger partial charge is 0.444 e. The van der Waals surface area contributed by atoms with E-state index in [0.717, 1.165) is 10.5 Å². The molecule has 2 rings (SSSR count). The van der Waals surface area contributed by atoms with Gasteiger partial charge in [-0.3, -0.25) is 4.90 Å². The first-order chi connectivity index (χ1) is 11.5. The van der Waals surface area contributed by atoms with Gasteiger partial charge in [0.1, 0.15) is 11.6 Å². The predicted molar refractivity (Wildman–Crippen MR) is 90.4 cm³/mol. The highest BCUT2D eigenvalue weighted by Crippen LogP contribution is 2.37. The number of rotatable bonds is 4. The zero-order chi connectivity index (χ0) is 18.8. The third-order valence-electron chi connectivity index (χ3n) is 4.16. The fourth-order valence-electron chi connectivity index (χ4n) is 2.99. The van der Waals surface area contributed by atoms with Crippen LogP contribution in [0, 0.1) is 0 Å². The lowest BCUT2D eigenvalue weighted by Gasteiger charge is -2.35. The lowest BCUT2D eigenvalue weighted by atomic mass is 9.94. The fourth-order valence-corrected chi connectivity index (χ4v) is 2.99. The SMILES string of the molecule is CC(C)(C)OC(=O)N1CCC(F)(F)C1[C@@H](O)[C@@H](N)Cc1ccccc1. The summed E-state index contributed by atoms with van der Waals surface area (Å²) in [6, 6.07) is 6.45. The average molecular weight is 356 g/mol. The predicted octanol–water partition coefficient (Wildman–Crippen LogP) is 2.56. The molecule has 1 saturated heterocycles. The van der Waals surface area contributed by atoms with Crippen molar-refractivity contribution in [2.75, 3.05) is 6.54 Å². The molecule has 0 bridgehead atoms. The second kappa shape index (κ2) is 7.25. The van der Waals surface area contributed by atoms with Gasteiger partial charge in [0, 0.05) is 19.0 Å². The number of alkyl halides is 2. The molecule has 25 heavy (non-hydrogen) atoms. The Kier molecular flexibility index (Phi) is 5.68. The smallest absolute Gasteiger partial charge is 0.410 e. The Morgan fingerprint density at radius 3 is 2.56 bits per heavy atom. The molecule has 0 aromatic heterocycles. The maximum Gasteiger partial charge on any atom is 0.410 e. The molecule has 0 radical (unpaired) electrons. The summed E-state index contributed by atoms with van der Waals surface area (Å²) in [5.74, 6) is -3.22. The molecule has 1 fully saturated rings. The first kappa shape index (κ1) is 19.6. The Labute approximate surface area is 146 Å². The van der Waals surface area contributed by atoms with Gasteiger partial charge in [0.05, 0.1) is 6.10 Å². The molecule has 0 spiro atoms. The Bertz CT molecular complexity index is 590. The summed E-state index contributed by atoms with van der Waals surface area (Å²) in [5.41, 5.74) is 6.00. The molecule has 0 aliphatic carbocycles. The van der Waals surface area contributed by atoms with Crippen molar-refractivity contribution >= 4 is 6.09 Å². The summed E-state index contributed by atoms with van der Waals surface area (Å²) in [6.45, 7) is 4.80. The summed E-state index contributed by atoms with van der Waals surface area (Å²) in [4.78, 5) is 13.2. The van der Waals surface area contributed by atoms with Gasteiger partial charge in [-0.05, 0) is 32.8 Å². The van der Waals surface area contributed by atoms with Crippen LogP contribution in [0.25, 0.3) is 0 Å². The van der Waals surface area contributed by atoms with E-state index in [1.165, 1.54) is 0 Å². The van der Waals surface area contributed by atoms with Gasteiger partial charge in [-0.25, -0.2) is 13.6 Å². The number of halogens is 2. The van der Waals surface area contributed by atoms with Gasteiger partial charge in [-0.15, -0.1) is 0 Å². The van der Waals surface area contributed by atoms with Crippen LogP contribution in [-0.2, 0) is 11.2 Å². The van der Waals surface area contributed by atoms with Crippen molar-refractivity contribution < 1.29 is 23.4 Å². The quantitative estimate of drug-likeness (QED) is 0.869. The average Bonchev–Trinajstić information content (AvgIpc) is 2.81. The van der Waals surface area contributed by atoms with Gasteiger partial charge in [-0.1, -0.05) is 30.3 Å². The van der Waals surface area contributed by atoms with Crippen LogP contribution in [0.3, 0.4) is 0 Å². The van der Waals surface area contributed by atoms with E-state index >= 15 is 0 Å². The lowest BCUT2D eigenvalue weighted by molar-refractivity contribution is -0.0880. The Morgan fingerprint density at radius 2 is 2.00 bits per heavy atom. The summed E-state index contributed by atoms with van der Waals surface area (Å²) < 4.78 is 33.9. The maximum atomic E-state index is 14.3. The molecular formula is C18H26F2N2O3. The van der Waals surface area contributed by atoms with Gasteiger partial charge in [-0.2, -0.15) is 0 Å². The fraction of sp³-hybridized carbons (Fsp3) is 0.611. The molecule has 1 aliphatic rings. The number of amides is 1. The normalized spacial score (nSPS) is 22.5. The third kappa shape index (κ3) is 4.89. The number of aliphatic hydroxyl groups is 1. The Balaban J connectivity index is 2.15. The van der Waals surface area contributed by atoms with Gasteiger partial charge in [0.15, 0.2) is 0 Å². The highest BCUT2D eigenvalue weighted by molar-refractivity contribution is 5.69. The van der Waals surface area contributed by atoms with Crippen LogP contribution in [0.1, 0.15) is 32.8 Å². The van der Waals surface area contributed by atoms with Crippen LogP contribution in [0.4, 0.5) is 13.6 Å². The molecule has 1 unspecified atom stereocenters. The molecule has 1 heterocycles. The van der Waals surface area contributed by atoms with E-state index in [0.29, 0.717) is 0 Å². The van der Waals surface area contributed by atoms with Crippen LogP contribution < -0.4 is 5.73 Å². The van der Waals surface area contributed by atoms with Crippen molar-refractivity contribution in [1.29, 1.82) is 0 Å². The molecule has 1 aromatic rings. The van der Waals surface area contributed by atoms with Crippen LogP contribution in [0.5, 0.6) is 0 Å². The van der Waals surface area contributed by atoms with Crippen LogP contribution in [-0.4, -0.2) is 52.4 Å². The van der Waals surface area contributed by atoms with Crippen molar-refractivity contribution in [3.8, 4) is 0 Å². The van der Waals surface area contributed by atoms with E-state index in [2.05, 4.69) is 0 Å². The summed E-state index contributed by atoms with van der Waals surface area (Å²) >= 11 is 0. The molecule has 0 saturated carbocycles. The number of hydrogen-bond donors (Lipinski definition) is 2. The molecule has 1 amide bonds. The van der Waals surface area contributed by atoms with E-state index in [-0.39, 0.29) is 13.0 Å². The van der Waals surface area contributed by atoms with Gasteiger partial charge >= 0.3 is 6.09 Å². The lowest BCUT2D eigenvalue weighted by Crippen LogP contribution is -2.57. The monoisotopic (exact) mass is 356 g/mol. The van der Waals surface area contributed by atoms with Crippen LogP contribution in [0.2, 0.25) is 0 Å². The number of nitrogens with two attached hydrogens (primary N) is 1. The number of ether oxygens (including phenoxy) is 1. The minimum Gasteiger partial charge on any atom is -0.444 e. The highest BCUT2D eigenvalue weighted by Gasteiger charge is 2.55. The number of carbonyl (C=O) groups excluding carboxylic acids is 1. The first-order valence-electron chi connectivity index (χ1n) is 8.36. The molecule has 3 N–H and O–H groups in total. The molecule has 7 heteroatoms. The van der Waals surface area contributed by atoms with E-state index in [1.807, 2.05) is 30.3 Å². The Morgan fingerprint density at radius 1 is 1.40 bits per heavy atom. The van der Waals surface area contributed by atoms with Crippen molar-refractivity contribution in [3.63, 3.8) is 0 Å². The van der Waals surface area contributed by atoms with Crippen LogP contribution >= 0.6 is 0 Å².